The van der Waals surface area contributed by atoms with Gasteiger partial charge in [-0.1, -0.05) is 35.3 Å². The van der Waals surface area contributed by atoms with Crippen molar-refractivity contribution in [2.45, 2.75) is 42.1 Å². The van der Waals surface area contributed by atoms with Crippen LogP contribution in [0.3, 0.4) is 0 Å². The highest BCUT2D eigenvalue weighted by molar-refractivity contribution is 7.90. The molecule has 0 saturated heterocycles. The van der Waals surface area contributed by atoms with Gasteiger partial charge in [-0.25, -0.2) is 12.7 Å². The van der Waals surface area contributed by atoms with Crippen molar-refractivity contribution in [2.24, 2.45) is 4.99 Å². The number of carbonyl (C=O) groups excluding carboxylic acids is 1. The third kappa shape index (κ3) is 3.36. The number of nitro groups is 1. The maximum atomic E-state index is 13.1. The lowest BCUT2D eigenvalue weighted by Gasteiger charge is -2.31. The maximum absolute atomic E-state index is 13.1. The topological polar surface area (TPSA) is 110 Å². The summed E-state index contributed by atoms with van der Waals surface area (Å²) in [6.07, 6.45) is 0. The molecular weight excluding hydrogens is 393 g/mol. The van der Waals surface area contributed by atoms with Crippen LogP contribution in [0, 0.1) is 10.1 Å². The third-order valence-electron chi connectivity index (χ3n) is 3.71. The van der Waals surface area contributed by atoms with Gasteiger partial charge in [0.05, 0.1) is 10.5 Å². The molecule has 1 heterocycles. The van der Waals surface area contributed by atoms with E-state index in [9.17, 15) is 23.3 Å². The average Bonchev–Trinajstić information content (AvgIpc) is 2.79. The van der Waals surface area contributed by atoms with Crippen LogP contribution in [0.5, 0.6) is 0 Å². The highest BCUT2D eigenvalue weighted by atomic mass is 35.5. The Kier molecular flexibility index (Phi) is 5.13. The van der Waals surface area contributed by atoms with Crippen molar-refractivity contribution in [3.8, 4) is 0 Å². The highest BCUT2D eigenvalue weighted by Gasteiger charge is 2.52. The van der Waals surface area contributed by atoms with Crippen LogP contribution >= 0.6 is 23.2 Å². The Labute approximate surface area is 154 Å². The number of ketones is 1. The fourth-order valence-corrected chi connectivity index (χ4v) is 5.20. The molecule has 0 aromatic heterocycles. The number of benzene rings is 1. The van der Waals surface area contributed by atoms with E-state index in [1.807, 2.05) is 0 Å². The van der Waals surface area contributed by atoms with Gasteiger partial charge in [0.1, 0.15) is 11.9 Å². The van der Waals surface area contributed by atoms with Gasteiger partial charge >= 0.3 is 0 Å². The van der Waals surface area contributed by atoms with Crippen molar-refractivity contribution in [2.75, 3.05) is 0 Å². The van der Waals surface area contributed by atoms with E-state index in [1.54, 1.807) is 13.8 Å². The molecule has 1 unspecified atom stereocenters. The zero-order chi connectivity index (χ0) is 19.2. The van der Waals surface area contributed by atoms with E-state index < -0.39 is 47.7 Å². The fraction of sp³-hybridized carbons (Fsp3) is 0.429. The molecule has 11 heteroatoms. The van der Waals surface area contributed by atoms with Gasteiger partial charge in [0, 0.05) is 6.07 Å². The number of carbonyl (C=O) groups is 1. The molecule has 0 N–H and O–H groups in total. The summed E-state index contributed by atoms with van der Waals surface area (Å²) in [5, 5.41) is 11.2. The van der Waals surface area contributed by atoms with E-state index in [2.05, 4.69) is 4.99 Å². The molecule has 2 rings (SSSR count). The minimum Gasteiger partial charge on any atom is -0.298 e. The number of hydrogen-bond donors (Lipinski definition) is 0. The van der Waals surface area contributed by atoms with Crippen molar-refractivity contribution in [1.29, 1.82) is 0 Å². The van der Waals surface area contributed by atoms with Crippen LogP contribution in [-0.4, -0.2) is 45.7 Å². The summed E-state index contributed by atoms with van der Waals surface area (Å²) in [6.45, 7) is 4.33. The zero-order valence-corrected chi connectivity index (χ0v) is 15.8. The second-order valence-corrected chi connectivity index (χ2v) is 8.84. The van der Waals surface area contributed by atoms with Crippen molar-refractivity contribution < 1.29 is 18.1 Å². The lowest BCUT2D eigenvalue weighted by Crippen LogP contribution is -2.52. The van der Waals surface area contributed by atoms with Gasteiger partial charge in [0.15, 0.2) is 15.5 Å². The molecule has 0 fully saturated rings. The minimum atomic E-state index is -4.50. The summed E-state index contributed by atoms with van der Waals surface area (Å²) in [5.41, 5.74) is -1.74. The summed E-state index contributed by atoms with van der Waals surface area (Å²) in [4.78, 5) is 24.8. The van der Waals surface area contributed by atoms with E-state index in [1.165, 1.54) is 19.1 Å². The van der Waals surface area contributed by atoms with Crippen LogP contribution in [-0.2, 0) is 14.8 Å². The van der Waals surface area contributed by atoms with Gasteiger partial charge in [-0.15, -0.1) is 0 Å². The molecule has 1 atom stereocenters. The predicted molar refractivity (Wildman–Crippen MR) is 93.6 cm³/mol. The Morgan fingerprint density at radius 3 is 2.40 bits per heavy atom. The van der Waals surface area contributed by atoms with E-state index in [-0.39, 0.29) is 5.84 Å². The Balaban J connectivity index is 2.74. The SMILES string of the molecule is CC(=O)C1N(S(=O)(=O)c2ccccc2[N+](=O)[O-])C(C(Cl)Cl)=NC1(C)C. The second kappa shape index (κ2) is 6.54. The normalized spacial score (nSPS) is 19.8. The molecule has 0 spiro atoms. The first kappa shape index (κ1) is 19.6. The Hall–Kier alpha value is -1.71. The summed E-state index contributed by atoms with van der Waals surface area (Å²) in [5.74, 6) is -0.730. The van der Waals surface area contributed by atoms with Crippen molar-refractivity contribution >= 4 is 50.5 Å². The minimum absolute atomic E-state index is 0.244. The molecule has 8 nitrogen and oxygen atoms in total. The highest BCUT2D eigenvalue weighted by Crippen LogP contribution is 2.38. The number of Topliss-reactive ketones (excluding diaryl/α,β-unsaturated/α-hetero) is 1. The Morgan fingerprint density at radius 2 is 1.92 bits per heavy atom. The number of alkyl halides is 2. The quantitative estimate of drug-likeness (QED) is 0.423. The number of rotatable bonds is 5. The number of aliphatic imine (C=N–C) groups is 1. The fourth-order valence-electron chi connectivity index (χ4n) is 2.83. The molecule has 0 bridgehead atoms. The smallest absolute Gasteiger partial charge is 0.289 e. The molecule has 0 aliphatic carbocycles. The van der Waals surface area contributed by atoms with Gasteiger partial charge in [-0.05, 0) is 26.8 Å². The van der Waals surface area contributed by atoms with Crippen LogP contribution in [0.1, 0.15) is 20.8 Å². The average molecular weight is 408 g/mol. The molecule has 136 valence electrons. The number of amidine groups is 1. The van der Waals surface area contributed by atoms with E-state index in [0.29, 0.717) is 4.31 Å². The molecule has 0 saturated carbocycles. The summed E-state index contributed by atoms with van der Waals surface area (Å²) < 4.78 is 27.0. The molecular formula is C14H15Cl2N3O5S. The first-order valence-electron chi connectivity index (χ1n) is 7.07. The predicted octanol–water partition coefficient (Wildman–Crippen LogP) is 2.54. The monoisotopic (exact) mass is 407 g/mol. The van der Waals surface area contributed by atoms with Crippen LogP contribution in [0.2, 0.25) is 0 Å². The van der Waals surface area contributed by atoms with E-state index in [0.717, 1.165) is 12.1 Å². The number of para-hydroxylation sites is 1. The largest absolute Gasteiger partial charge is 0.298 e. The molecule has 1 aromatic carbocycles. The van der Waals surface area contributed by atoms with Gasteiger partial charge in [0.2, 0.25) is 0 Å². The van der Waals surface area contributed by atoms with Gasteiger partial charge in [0.25, 0.3) is 15.7 Å². The van der Waals surface area contributed by atoms with Crippen molar-refractivity contribution in [1.82, 2.24) is 4.31 Å². The second-order valence-electron chi connectivity index (χ2n) is 5.96. The Morgan fingerprint density at radius 1 is 1.36 bits per heavy atom. The lowest BCUT2D eigenvalue weighted by atomic mass is 9.94. The number of sulfonamides is 1. The van der Waals surface area contributed by atoms with E-state index in [4.69, 9.17) is 23.2 Å². The zero-order valence-electron chi connectivity index (χ0n) is 13.5. The van der Waals surface area contributed by atoms with Crippen molar-refractivity contribution in [3.63, 3.8) is 0 Å². The molecule has 1 aliphatic heterocycles. The molecule has 0 radical (unpaired) electrons. The van der Waals surface area contributed by atoms with Crippen LogP contribution in [0.4, 0.5) is 5.69 Å². The van der Waals surface area contributed by atoms with Crippen LogP contribution in [0.25, 0.3) is 0 Å². The lowest BCUT2D eigenvalue weighted by molar-refractivity contribution is -0.387. The number of halogens is 2. The van der Waals surface area contributed by atoms with Gasteiger partial charge < -0.3 is 0 Å². The molecule has 25 heavy (non-hydrogen) atoms. The third-order valence-corrected chi connectivity index (χ3v) is 5.92. The van der Waals surface area contributed by atoms with Crippen LogP contribution in [0.15, 0.2) is 34.2 Å². The standard InChI is InChI=1S/C14H15Cl2N3O5S/c1-8(20)11-14(2,3)17-13(12(15)16)18(11)25(23,24)10-7-5-4-6-9(10)19(21)22/h4-7,11-12H,1-3H3. The summed E-state index contributed by atoms with van der Waals surface area (Å²) in [6, 6.07) is 3.62. The Bertz CT molecular complexity index is 867. The van der Waals surface area contributed by atoms with Gasteiger partial charge in [-0.3, -0.25) is 19.9 Å². The van der Waals surface area contributed by atoms with Gasteiger partial charge in [-0.2, -0.15) is 0 Å². The number of nitro benzene ring substituents is 1. The van der Waals surface area contributed by atoms with Crippen molar-refractivity contribution in [3.05, 3.63) is 34.4 Å². The maximum Gasteiger partial charge on any atom is 0.289 e. The summed E-state index contributed by atoms with van der Waals surface area (Å²) >= 11 is 11.7. The summed E-state index contributed by atoms with van der Waals surface area (Å²) in [7, 11) is -4.50. The molecule has 1 aliphatic rings. The molecule has 1 aromatic rings. The number of hydrogen-bond acceptors (Lipinski definition) is 6. The van der Waals surface area contributed by atoms with E-state index >= 15 is 0 Å². The molecule has 0 amide bonds. The first-order chi connectivity index (χ1) is 11.4. The number of nitrogens with zero attached hydrogens (tertiary/aromatic N) is 3. The first-order valence-corrected chi connectivity index (χ1v) is 9.38. The van der Waals surface area contributed by atoms with Crippen LogP contribution < -0.4 is 0 Å².